The molecule has 3 aromatic carbocycles. The van der Waals surface area contributed by atoms with Crippen LogP contribution in [0.5, 0.6) is 5.75 Å². The van der Waals surface area contributed by atoms with Crippen LogP contribution >= 0.6 is 0 Å². The first-order chi connectivity index (χ1) is 14.2. The SMILES string of the molecule is CCOc1cc(-c2ccccc2)nc2ccc(C(=O)Nc3ccccc3C)cc12. The van der Waals surface area contributed by atoms with Gasteiger partial charge in [0.25, 0.3) is 5.91 Å². The van der Waals surface area contributed by atoms with E-state index in [0.29, 0.717) is 12.2 Å². The van der Waals surface area contributed by atoms with Gasteiger partial charge >= 0.3 is 0 Å². The molecule has 0 saturated carbocycles. The minimum absolute atomic E-state index is 0.157. The molecule has 1 N–H and O–H groups in total. The highest BCUT2D eigenvalue weighted by Crippen LogP contribution is 2.31. The Labute approximate surface area is 170 Å². The summed E-state index contributed by atoms with van der Waals surface area (Å²) >= 11 is 0. The van der Waals surface area contributed by atoms with Crippen LogP contribution < -0.4 is 10.1 Å². The van der Waals surface area contributed by atoms with Crippen LogP contribution in [0.2, 0.25) is 0 Å². The summed E-state index contributed by atoms with van der Waals surface area (Å²) in [4.78, 5) is 17.6. The van der Waals surface area contributed by atoms with Gasteiger partial charge in [0.1, 0.15) is 5.75 Å². The van der Waals surface area contributed by atoms with Gasteiger partial charge in [0.15, 0.2) is 0 Å². The van der Waals surface area contributed by atoms with Gasteiger partial charge in [-0.15, -0.1) is 0 Å². The van der Waals surface area contributed by atoms with Crippen molar-refractivity contribution in [2.75, 3.05) is 11.9 Å². The molecule has 1 amide bonds. The topological polar surface area (TPSA) is 51.2 Å². The number of benzene rings is 3. The second-order valence-electron chi connectivity index (χ2n) is 6.81. The normalized spacial score (nSPS) is 10.7. The Kier molecular flexibility index (Phi) is 5.25. The van der Waals surface area contributed by atoms with Crippen molar-refractivity contribution in [2.24, 2.45) is 0 Å². The molecule has 0 saturated heterocycles. The van der Waals surface area contributed by atoms with E-state index in [4.69, 9.17) is 9.72 Å². The molecule has 0 bridgehead atoms. The van der Waals surface area contributed by atoms with Crippen molar-refractivity contribution in [1.29, 1.82) is 0 Å². The Morgan fingerprint density at radius 2 is 1.72 bits per heavy atom. The Morgan fingerprint density at radius 3 is 2.48 bits per heavy atom. The summed E-state index contributed by atoms with van der Waals surface area (Å²) in [5, 5.41) is 3.80. The van der Waals surface area contributed by atoms with Crippen molar-refractivity contribution in [3.8, 4) is 17.0 Å². The molecule has 0 atom stereocenters. The summed E-state index contributed by atoms with van der Waals surface area (Å²) in [5.41, 5.74) is 5.06. The highest BCUT2D eigenvalue weighted by Gasteiger charge is 2.13. The van der Waals surface area contributed by atoms with Crippen LogP contribution in [0.1, 0.15) is 22.8 Å². The predicted octanol–water partition coefficient (Wildman–Crippen LogP) is 5.86. The number of anilines is 1. The molecule has 1 aromatic heterocycles. The van der Waals surface area contributed by atoms with Crippen LogP contribution in [0, 0.1) is 6.92 Å². The van der Waals surface area contributed by atoms with Crippen molar-refractivity contribution in [3.63, 3.8) is 0 Å². The lowest BCUT2D eigenvalue weighted by atomic mass is 10.1. The van der Waals surface area contributed by atoms with Crippen molar-refractivity contribution in [1.82, 2.24) is 4.98 Å². The van der Waals surface area contributed by atoms with E-state index in [-0.39, 0.29) is 5.91 Å². The molecule has 0 fully saturated rings. The second kappa shape index (κ2) is 8.15. The first-order valence-corrected chi connectivity index (χ1v) is 9.65. The van der Waals surface area contributed by atoms with Gasteiger partial charge in [-0.1, -0.05) is 48.5 Å². The molecule has 29 heavy (non-hydrogen) atoms. The second-order valence-corrected chi connectivity index (χ2v) is 6.81. The summed E-state index contributed by atoms with van der Waals surface area (Å²) in [5.74, 6) is 0.567. The van der Waals surface area contributed by atoms with E-state index in [9.17, 15) is 4.79 Å². The van der Waals surface area contributed by atoms with Gasteiger partial charge in [0, 0.05) is 28.3 Å². The average Bonchev–Trinajstić information content (AvgIpc) is 2.75. The number of rotatable bonds is 5. The zero-order valence-electron chi connectivity index (χ0n) is 16.5. The maximum atomic E-state index is 12.8. The molecular formula is C25H22N2O2. The van der Waals surface area contributed by atoms with Gasteiger partial charge in [-0.3, -0.25) is 4.79 Å². The molecule has 0 unspecified atom stereocenters. The molecule has 0 radical (unpaired) electrons. The van der Waals surface area contributed by atoms with E-state index in [0.717, 1.165) is 39.2 Å². The quantitative estimate of drug-likeness (QED) is 0.470. The molecule has 0 aliphatic heterocycles. The highest BCUT2D eigenvalue weighted by atomic mass is 16.5. The molecule has 0 spiro atoms. The molecular weight excluding hydrogens is 360 g/mol. The Morgan fingerprint density at radius 1 is 0.966 bits per heavy atom. The Balaban J connectivity index is 1.74. The molecule has 1 heterocycles. The van der Waals surface area contributed by atoms with Crippen LogP contribution in [0.3, 0.4) is 0 Å². The van der Waals surface area contributed by atoms with E-state index in [1.54, 1.807) is 6.07 Å². The number of pyridine rings is 1. The van der Waals surface area contributed by atoms with Gasteiger partial charge < -0.3 is 10.1 Å². The summed E-state index contributed by atoms with van der Waals surface area (Å²) in [6.45, 7) is 4.45. The third kappa shape index (κ3) is 3.97. The number of carbonyl (C=O) groups excluding carboxylic acids is 1. The molecule has 144 valence electrons. The number of para-hydroxylation sites is 1. The monoisotopic (exact) mass is 382 g/mol. The lowest BCUT2D eigenvalue weighted by Gasteiger charge is -2.12. The number of nitrogens with one attached hydrogen (secondary N) is 1. The average molecular weight is 382 g/mol. The number of hydrogen-bond donors (Lipinski definition) is 1. The zero-order valence-corrected chi connectivity index (χ0v) is 16.5. The molecule has 4 rings (SSSR count). The van der Waals surface area contributed by atoms with Crippen LogP contribution in [-0.4, -0.2) is 17.5 Å². The van der Waals surface area contributed by atoms with E-state index in [1.807, 2.05) is 86.6 Å². The summed E-state index contributed by atoms with van der Waals surface area (Å²) < 4.78 is 5.88. The van der Waals surface area contributed by atoms with Crippen molar-refractivity contribution >= 4 is 22.5 Å². The first kappa shape index (κ1) is 18.7. The number of carbonyl (C=O) groups is 1. The molecule has 0 aliphatic carbocycles. The van der Waals surface area contributed by atoms with E-state index >= 15 is 0 Å². The summed E-state index contributed by atoms with van der Waals surface area (Å²) in [7, 11) is 0. The maximum Gasteiger partial charge on any atom is 0.255 e. The minimum atomic E-state index is -0.157. The summed E-state index contributed by atoms with van der Waals surface area (Å²) in [6.07, 6.45) is 0. The largest absolute Gasteiger partial charge is 0.493 e. The minimum Gasteiger partial charge on any atom is -0.493 e. The fourth-order valence-electron chi connectivity index (χ4n) is 3.28. The lowest BCUT2D eigenvalue weighted by molar-refractivity contribution is 0.102. The highest BCUT2D eigenvalue weighted by molar-refractivity contribution is 6.07. The number of nitrogens with zero attached hydrogens (tertiary/aromatic N) is 1. The number of amides is 1. The number of hydrogen-bond acceptors (Lipinski definition) is 3. The smallest absolute Gasteiger partial charge is 0.255 e. The van der Waals surface area contributed by atoms with Crippen molar-refractivity contribution in [3.05, 3.63) is 90.0 Å². The molecule has 4 nitrogen and oxygen atoms in total. The number of aryl methyl sites for hydroxylation is 1. The molecule has 4 heteroatoms. The van der Waals surface area contributed by atoms with Gasteiger partial charge in [0.2, 0.25) is 0 Å². The van der Waals surface area contributed by atoms with Crippen molar-refractivity contribution in [2.45, 2.75) is 13.8 Å². The van der Waals surface area contributed by atoms with E-state index in [2.05, 4.69) is 5.32 Å². The summed E-state index contributed by atoms with van der Waals surface area (Å²) in [6, 6.07) is 25.2. The maximum absolute atomic E-state index is 12.8. The van der Waals surface area contributed by atoms with Gasteiger partial charge in [0.05, 0.1) is 17.8 Å². The first-order valence-electron chi connectivity index (χ1n) is 9.65. The molecule has 0 aliphatic rings. The van der Waals surface area contributed by atoms with E-state index in [1.165, 1.54) is 0 Å². The van der Waals surface area contributed by atoms with Gasteiger partial charge in [-0.25, -0.2) is 4.98 Å². The number of aromatic nitrogens is 1. The third-order valence-electron chi connectivity index (χ3n) is 4.80. The standard InChI is InChI=1S/C25H22N2O2/c1-3-29-24-16-23(18-10-5-4-6-11-18)26-22-14-13-19(15-20(22)24)25(28)27-21-12-8-7-9-17(21)2/h4-16H,3H2,1-2H3,(H,27,28). The fraction of sp³-hybridized carbons (Fsp3) is 0.120. The van der Waals surface area contributed by atoms with Crippen LogP contribution in [0.25, 0.3) is 22.2 Å². The van der Waals surface area contributed by atoms with Gasteiger partial charge in [-0.05, 0) is 43.7 Å². The van der Waals surface area contributed by atoms with Crippen LogP contribution in [0.15, 0.2) is 78.9 Å². The van der Waals surface area contributed by atoms with E-state index < -0.39 is 0 Å². The van der Waals surface area contributed by atoms with Crippen molar-refractivity contribution < 1.29 is 9.53 Å². The number of fused-ring (bicyclic) bond motifs is 1. The van der Waals surface area contributed by atoms with Gasteiger partial charge in [-0.2, -0.15) is 0 Å². The predicted molar refractivity (Wildman–Crippen MR) is 117 cm³/mol. The molecule has 4 aromatic rings. The Hall–Kier alpha value is -3.66. The van der Waals surface area contributed by atoms with Crippen LogP contribution in [-0.2, 0) is 0 Å². The fourth-order valence-corrected chi connectivity index (χ4v) is 3.28. The third-order valence-corrected chi connectivity index (χ3v) is 4.80. The Bertz CT molecular complexity index is 1170. The van der Waals surface area contributed by atoms with Crippen LogP contribution in [0.4, 0.5) is 5.69 Å². The zero-order chi connectivity index (χ0) is 20.2. The number of ether oxygens (including phenoxy) is 1. The lowest BCUT2D eigenvalue weighted by Crippen LogP contribution is -2.12.